The van der Waals surface area contributed by atoms with E-state index in [1.54, 1.807) is 55.8 Å². The van der Waals surface area contributed by atoms with Gasteiger partial charge in [0.2, 0.25) is 0 Å². The van der Waals surface area contributed by atoms with Crippen molar-refractivity contribution in [1.29, 1.82) is 5.26 Å². The Morgan fingerprint density at radius 3 is 2.37 bits per heavy atom. The summed E-state index contributed by atoms with van der Waals surface area (Å²) in [4.78, 5) is 19.3. The lowest BCUT2D eigenvalue weighted by atomic mass is 10.0. The number of halogens is 2. The molecule has 1 aromatic heterocycles. The number of rotatable bonds is 13. The highest BCUT2D eigenvalue weighted by Gasteiger charge is 2.34. The van der Waals surface area contributed by atoms with Gasteiger partial charge in [-0.2, -0.15) is 14.0 Å². The third-order valence-electron chi connectivity index (χ3n) is 7.82. The minimum absolute atomic E-state index is 0.0169. The van der Waals surface area contributed by atoms with E-state index in [-0.39, 0.29) is 35.8 Å². The summed E-state index contributed by atoms with van der Waals surface area (Å²) < 4.78 is 63.0. The number of nitriles is 1. The third-order valence-corrected chi connectivity index (χ3v) is 9.57. The largest absolute Gasteiger partial charge is 0.489 e. The number of ether oxygens (including phenoxy) is 2. The van der Waals surface area contributed by atoms with Crippen LogP contribution in [-0.2, 0) is 14.6 Å². The molecule has 3 aromatic carbocycles. The molecule has 1 fully saturated rings. The van der Waals surface area contributed by atoms with Crippen LogP contribution in [0.3, 0.4) is 0 Å². The van der Waals surface area contributed by atoms with Crippen LogP contribution in [0.25, 0.3) is 5.69 Å². The van der Waals surface area contributed by atoms with E-state index in [2.05, 4.69) is 21.1 Å². The van der Waals surface area contributed by atoms with Crippen molar-refractivity contribution < 1.29 is 31.5 Å². The van der Waals surface area contributed by atoms with Gasteiger partial charge in [0.1, 0.15) is 11.9 Å². The number of benzene rings is 3. The van der Waals surface area contributed by atoms with Gasteiger partial charge in [0, 0.05) is 35.8 Å². The highest BCUT2D eigenvalue weighted by atomic mass is 32.2. The molecule has 0 unspecified atom stereocenters. The van der Waals surface area contributed by atoms with Gasteiger partial charge in [-0.1, -0.05) is 19.1 Å². The van der Waals surface area contributed by atoms with Gasteiger partial charge in [-0.25, -0.2) is 13.4 Å². The van der Waals surface area contributed by atoms with E-state index < -0.39 is 28.4 Å². The molecule has 46 heavy (non-hydrogen) atoms. The summed E-state index contributed by atoms with van der Waals surface area (Å²) in [6.45, 7) is -1.13. The van der Waals surface area contributed by atoms with Gasteiger partial charge >= 0.3 is 6.61 Å². The van der Waals surface area contributed by atoms with E-state index in [0.29, 0.717) is 35.5 Å². The molecule has 2 heterocycles. The number of hydrogen-bond acceptors (Lipinski definition) is 8. The molecule has 1 amide bonds. The van der Waals surface area contributed by atoms with Gasteiger partial charge in [0.15, 0.2) is 9.84 Å². The molecule has 1 aliphatic heterocycles. The van der Waals surface area contributed by atoms with Crippen LogP contribution < -0.4 is 15.0 Å². The number of carbonyl (C=O) groups excluding carboxylic acids is 1. The minimum atomic E-state index is -3.38. The Balaban J connectivity index is 1.26. The molecule has 0 radical (unpaired) electrons. The second kappa shape index (κ2) is 14.5. The Kier molecular flexibility index (Phi) is 10.3. The first kappa shape index (κ1) is 32.6. The summed E-state index contributed by atoms with van der Waals surface area (Å²) in [7, 11) is -3.38. The zero-order valence-corrected chi connectivity index (χ0v) is 25.8. The maximum absolute atomic E-state index is 13.1. The van der Waals surface area contributed by atoms with Crippen LogP contribution >= 0.6 is 0 Å². The van der Waals surface area contributed by atoms with E-state index in [1.165, 1.54) is 12.1 Å². The SMILES string of the molecule is CCS(=O)(=O)c1ccc([C@H](CC#N)NC(=O)c2ccc(N3C[C@@H](Oc4ccc(-n5ccnc5)cc4)C[C@H]3COC(F)F)cc2)cc1. The number of sulfone groups is 1. The average Bonchev–Trinajstić information content (AvgIpc) is 3.75. The summed E-state index contributed by atoms with van der Waals surface area (Å²) in [5, 5.41) is 12.2. The number of alkyl halides is 2. The predicted molar refractivity (Wildman–Crippen MR) is 167 cm³/mol. The fraction of sp³-hybridized carbons (Fsp3) is 0.303. The zero-order chi connectivity index (χ0) is 32.7. The number of nitrogens with one attached hydrogen (secondary N) is 1. The van der Waals surface area contributed by atoms with Gasteiger partial charge in [-0.05, 0) is 66.2 Å². The van der Waals surface area contributed by atoms with Crippen LogP contribution in [-0.4, -0.2) is 61.5 Å². The molecule has 13 heteroatoms. The normalized spacial score (nSPS) is 17.1. The third kappa shape index (κ3) is 7.88. The van der Waals surface area contributed by atoms with Crippen molar-refractivity contribution >= 4 is 21.4 Å². The summed E-state index contributed by atoms with van der Waals surface area (Å²) >= 11 is 0. The minimum Gasteiger partial charge on any atom is -0.489 e. The fourth-order valence-corrected chi connectivity index (χ4v) is 6.27. The van der Waals surface area contributed by atoms with Gasteiger partial charge in [-0.15, -0.1) is 0 Å². The lowest BCUT2D eigenvalue weighted by molar-refractivity contribution is -0.131. The summed E-state index contributed by atoms with van der Waals surface area (Å²) in [6, 6.07) is 21.3. The first-order chi connectivity index (χ1) is 22.2. The van der Waals surface area contributed by atoms with Gasteiger partial charge < -0.3 is 24.3 Å². The number of anilines is 1. The summed E-state index contributed by atoms with van der Waals surface area (Å²) in [5.41, 5.74) is 2.57. The van der Waals surface area contributed by atoms with Crippen molar-refractivity contribution in [3.63, 3.8) is 0 Å². The Labute approximate surface area is 266 Å². The van der Waals surface area contributed by atoms with E-state index in [0.717, 1.165) is 5.69 Å². The topological polar surface area (TPSA) is 127 Å². The molecular weight excluding hydrogens is 616 g/mol. The molecule has 4 aromatic rings. The maximum atomic E-state index is 13.1. The molecule has 0 spiro atoms. The van der Waals surface area contributed by atoms with Gasteiger partial charge in [0.05, 0.1) is 54.7 Å². The number of amides is 1. The first-order valence-electron chi connectivity index (χ1n) is 14.7. The molecule has 0 bridgehead atoms. The van der Waals surface area contributed by atoms with Crippen molar-refractivity contribution in [2.24, 2.45) is 0 Å². The van der Waals surface area contributed by atoms with Gasteiger partial charge in [-0.3, -0.25) is 4.79 Å². The Hall–Kier alpha value is -4.80. The van der Waals surface area contributed by atoms with Crippen LogP contribution in [0.1, 0.15) is 41.7 Å². The highest BCUT2D eigenvalue weighted by Crippen LogP contribution is 2.30. The van der Waals surface area contributed by atoms with Crippen molar-refractivity contribution in [3.8, 4) is 17.5 Å². The van der Waals surface area contributed by atoms with Crippen molar-refractivity contribution in [2.45, 2.75) is 49.5 Å². The van der Waals surface area contributed by atoms with Crippen LogP contribution in [0.4, 0.5) is 14.5 Å². The summed E-state index contributed by atoms with van der Waals surface area (Å²) in [6.07, 6.45) is 5.36. The Morgan fingerprint density at radius 1 is 1.07 bits per heavy atom. The fourth-order valence-electron chi connectivity index (χ4n) is 5.38. The maximum Gasteiger partial charge on any atom is 0.345 e. The molecule has 1 aliphatic rings. The quantitative estimate of drug-likeness (QED) is 0.206. The zero-order valence-electron chi connectivity index (χ0n) is 25.0. The van der Waals surface area contributed by atoms with Crippen LogP contribution in [0, 0.1) is 11.3 Å². The van der Waals surface area contributed by atoms with E-state index in [9.17, 15) is 27.3 Å². The highest BCUT2D eigenvalue weighted by molar-refractivity contribution is 7.91. The summed E-state index contributed by atoms with van der Waals surface area (Å²) in [5.74, 6) is 0.189. The molecule has 1 N–H and O–H groups in total. The number of imidazole rings is 1. The van der Waals surface area contributed by atoms with Crippen molar-refractivity contribution in [2.75, 3.05) is 23.8 Å². The van der Waals surface area contributed by atoms with Crippen molar-refractivity contribution in [1.82, 2.24) is 14.9 Å². The molecule has 0 saturated carbocycles. The standard InChI is InChI=1S/C33H33F2N5O5S/c1-2-46(42,43)30-13-5-23(6-14-30)31(15-16-36)38-32(41)24-3-7-26(8-4-24)40-20-29(19-27(40)21-44-33(34)35)45-28-11-9-25(10-12-28)39-18-17-37-22-39/h3-14,17-18,22,27,29,31,33H,2,15,19-21H2,1H3,(H,38,41)/t27-,29-,31-/m0/s1. The molecule has 3 atom stereocenters. The van der Waals surface area contributed by atoms with Crippen LogP contribution in [0.15, 0.2) is 96.4 Å². The lowest BCUT2D eigenvalue weighted by Gasteiger charge is -2.26. The lowest BCUT2D eigenvalue weighted by Crippen LogP contribution is -2.34. The molecule has 0 aliphatic carbocycles. The molecule has 1 saturated heterocycles. The van der Waals surface area contributed by atoms with Crippen LogP contribution in [0.5, 0.6) is 5.75 Å². The number of aromatic nitrogens is 2. The van der Waals surface area contributed by atoms with E-state index in [1.807, 2.05) is 39.9 Å². The molecule has 10 nitrogen and oxygen atoms in total. The number of carbonyl (C=O) groups is 1. The first-order valence-corrected chi connectivity index (χ1v) is 16.3. The smallest absolute Gasteiger partial charge is 0.345 e. The monoisotopic (exact) mass is 649 g/mol. The second-order valence-electron chi connectivity index (χ2n) is 10.7. The molecular formula is C33H33F2N5O5S. The van der Waals surface area contributed by atoms with Gasteiger partial charge in [0.25, 0.3) is 5.91 Å². The van der Waals surface area contributed by atoms with E-state index in [4.69, 9.17) is 4.74 Å². The second-order valence-corrected chi connectivity index (χ2v) is 13.0. The number of hydrogen-bond donors (Lipinski definition) is 1. The number of nitrogens with zero attached hydrogens (tertiary/aromatic N) is 4. The molecule has 240 valence electrons. The van der Waals surface area contributed by atoms with Crippen LogP contribution in [0.2, 0.25) is 0 Å². The van der Waals surface area contributed by atoms with Crippen molar-refractivity contribution in [3.05, 3.63) is 103 Å². The Morgan fingerprint density at radius 2 is 1.76 bits per heavy atom. The average molecular weight is 650 g/mol. The molecule has 5 rings (SSSR count). The predicted octanol–water partition coefficient (Wildman–Crippen LogP) is 5.32. The van der Waals surface area contributed by atoms with E-state index >= 15 is 0 Å². The Bertz CT molecular complexity index is 1740.